The van der Waals surface area contributed by atoms with E-state index in [0.29, 0.717) is 0 Å². The molecule has 5 N–H and O–H groups in total. The lowest BCUT2D eigenvalue weighted by molar-refractivity contribution is -0.217. The third-order valence-electron chi connectivity index (χ3n) is 2.07. The second-order valence-corrected chi connectivity index (χ2v) is 3.08. The summed E-state index contributed by atoms with van der Waals surface area (Å²) in [5, 5.41) is 45.0. The highest BCUT2D eigenvalue weighted by Gasteiger charge is 2.46. The lowest BCUT2D eigenvalue weighted by Gasteiger charge is -2.35. The van der Waals surface area contributed by atoms with Crippen LogP contribution in [0.3, 0.4) is 0 Å². The number of rotatable bonds is 2. The number of hydrogen-bond donors (Lipinski definition) is 5. The van der Waals surface area contributed by atoms with Crippen molar-refractivity contribution in [3.63, 3.8) is 0 Å². The molecule has 14 heavy (non-hydrogen) atoms. The van der Waals surface area contributed by atoms with Crippen molar-refractivity contribution >= 4 is 5.97 Å². The van der Waals surface area contributed by atoms with Gasteiger partial charge in [0, 0.05) is 0 Å². The van der Waals surface area contributed by atoms with E-state index >= 15 is 0 Å². The third-order valence-corrected chi connectivity index (χ3v) is 2.07. The van der Waals surface area contributed by atoms with Crippen molar-refractivity contribution in [3.8, 4) is 0 Å². The largest absolute Gasteiger partial charge is 0.455 e. The van der Waals surface area contributed by atoms with Crippen LogP contribution in [-0.2, 0) is 9.53 Å². The van der Waals surface area contributed by atoms with Gasteiger partial charge < -0.3 is 30.3 Å². The van der Waals surface area contributed by atoms with E-state index in [1.807, 2.05) is 0 Å². The molecule has 82 valence electrons. The van der Waals surface area contributed by atoms with Crippen molar-refractivity contribution in [2.45, 2.75) is 30.5 Å². The van der Waals surface area contributed by atoms with E-state index < -0.39 is 43.1 Å². The summed E-state index contributed by atoms with van der Waals surface area (Å²) in [6.07, 6.45) is -8.08. The fourth-order valence-corrected chi connectivity index (χ4v) is 1.20. The van der Waals surface area contributed by atoms with Crippen LogP contribution < -0.4 is 0 Å². The summed E-state index contributed by atoms with van der Waals surface area (Å²) < 4.78 is 4.43. The molecule has 0 aliphatic carbocycles. The van der Waals surface area contributed by atoms with Crippen molar-refractivity contribution in [3.05, 3.63) is 0 Å². The van der Waals surface area contributed by atoms with Gasteiger partial charge in [0.15, 0.2) is 12.2 Å². The van der Waals surface area contributed by atoms with E-state index in [-0.39, 0.29) is 0 Å². The van der Waals surface area contributed by atoms with Crippen LogP contribution >= 0.6 is 0 Å². The van der Waals surface area contributed by atoms with E-state index in [1.54, 1.807) is 0 Å². The molecule has 0 aromatic rings. The molecule has 7 nitrogen and oxygen atoms in total. The number of ether oxygens (including phenoxy) is 1. The maximum atomic E-state index is 10.8. The first kappa shape index (κ1) is 11.3. The molecule has 5 atom stereocenters. The highest BCUT2D eigenvalue weighted by Crippen LogP contribution is 2.19. The minimum atomic E-state index is -1.83. The van der Waals surface area contributed by atoms with Gasteiger partial charge in [-0.05, 0) is 0 Å². The minimum Gasteiger partial charge on any atom is -0.455 e. The van der Waals surface area contributed by atoms with Crippen LogP contribution in [0.2, 0.25) is 0 Å². The topological polar surface area (TPSA) is 127 Å². The first-order valence-corrected chi connectivity index (χ1v) is 4.02. The van der Waals surface area contributed by atoms with Crippen LogP contribution in [0.1, 0.15) is 0 Å². The molecule has 7 heteroatoms. The van der Waals surface area contributed by atoms with Crippen LogP contribution in [0.5, 0.6) is 0 Å². The molecule has 0 aromatic heterocycles. The molecule has 0 unspecified atom stereocenters. The number of hydrogen-bond acceptors (Lipinski definition) is 7. The van der Waals surface area contributed by atoms with Crippen molar-refractivity contribution < 1.29 is 35.1 Å². The fraction of sp³-hybridized carbons (Fsp3) is 0.857. The van der Waals surface area contributed by atoms with Gasteiger partial charge in [0.1, 0.15) is 18.3 Å². The highest BCUT2D eigenvalue weighted by molar-refractivity contribution is 5.76. The molecule has 1 rings (SSSR count). The van der Waals surface area contributed by atoms with E-state index in [9.17, 15) is 9.90 Å². The Kier molecular flexibility index (Phi) is 3.40. The van der Waals surface area contributed by atoms with E-state index in [1.165, 1.54) is 0 Å². The Morgan fingerprint density at radius 3 is 2.36 bits per heavy atom. The summed E-state index contributed by atoms with van der Waals surface area (Å²) in [4.78, 5) is 10.8. The van der Waals surface area contributed by atoms with Gasteiger partial charge in [0.05, 0.1) is 6.61 Å². The summed E-state index contributed by atoms with van der Waals surface area (Å²) in [6.45, 7) is -0.724. The van der Waals surface area contributed by atoms with Gasteiger partial charge >= 0.3 is 5.97 Å². The summed E-state index contributed by atoms with van der Waals surface area (Å²) >= 11 is 0. The van der Waals surface area contributed by atoms with Gasteiger partial charge in [-0.1, -0.05) is 0 Å². The Morgan fingerprint density at radius 2 is 1.86 bits per heavy atom. The zero-order valence-electron chi connectivity index (χ0n) is 7.15. The first-order valence-electron chi connectivity index (χ1n) is 4.02. The fourth-order valence-electron chi connectivity index (χ4n) is 1.20. The number of aliphatic hydroxyl groups is 5. The second kappa shape index (κ2) is 4.20. The summed E-state index contributed by atoms with van der Waals surface area (Å²) in [5.74, 6) is -1.14. The van der Waals surface area contributed by atoms with Crippen molar-refractivity contribution in [1.29, 1.82) is 0 Å². The third kappa shape index (κ3) is 1.86. The maximum Gasteiger partial charge on any atom is 0.338 e. The molecule has 0 aromatic carbocycles. The highest BCUT2D eigenvalue weighted by atomic mass is 16.6. The van der Waals surface area contributed by atoms with Crippen LogP contribution in [0, 0.1) is 0 Å². The molecule has 0 radical (unpaired) electrons. The van der Waals surface area contributed by atoms with Crippen molar-refractivity contribution in [1.82, 2.24) is 0 Å². The average Bonchev–Trinajstić information content (AvgIpc) is 2.19. The average molecular weight is 208 g/mol. The molecular weight excluding hydrogens is 196 g/mol. The Bertz CT molecular complexity index is 218. The van der Waals surface area contributed by atoms with E-state index in [2.05, 4.69) is 4.74 Å². The summed E-state index contributed by atoms with van der Waals surface area (Å²) in [6, 6.07) is 0. The predicted octanol–water partition coefficient (Wildman–Crippen LogP) is -3.65. The molecule has 1 fully saturated rings. The van der Waals surface area contributed by atoms with Gasteiger partial charge in [0.25, 0.3) is 0 Å². The smallest absolute Gasteiger partial charge is 0.338 e. The van der Waals surface area contributed by atoms with Gasteiger partial charge in [-0.15, -0.1) is 0 Å². The zero-order valence-corrected chi connectivity index (χ0v) is 7.15. The molecule has 1 saturated heterocycles. The Hall–Kier alpha value is -0.730. The second-order valence-electron chi connectivity index (χ2n) is 3.08. The van der Waals surface area contributed by atoms with E-state index in [4.69, 9.17) is 20.4 Å². The number of aliphatic hydroxyl groups excluding tert-OH is 5. The quantitative estimate of drug-likeness (QED) is 0.296. The molecule has 1 heterocycles. The minimum absolute atomic E-state index is 0.724. The van der Waals surface area contributed by atoms with E-state index in [0.717, 1.165) is 0 Å². The number of carbonyl (C=O) groups excluding carboxylic acids is 1. The lowest BCUT2D eigenvalue weighted by atomic mass is 9.96. The maximum absolute atomic E-state index is 10.8. The first-order chi connectivity index (χ1) is 6.49. The Morgan fingerprint density at radius 1 is 1.29 bits per heavy atom. The van der Waals surface area contributed by atoms with Gasteiger partial charge in [-0.3, -0.25) is 0 Å². The SMILES string of the molecule is O=C1O[C@H]([C@@H](O)CO)[C@@H](O)[C@H](O)[C@@H]1O. The van der Waals surface area contributed by atoms with Crippen molar-refractivity contribution in [2.24, 2.45) is 0 Å². The van der Waals surface area contributed by atoms with Crippen molar-refractivity contribution in [2.75, 3.05) is 6.61 Å². The van der Waals surface area contributed by atoms with Crippen LogP contribution in [0.15, 0.2) is 0 Å². The molecule has 0 bridgehead atoms. The molecular formula is C7H12O7. The Balaban J connectivity index is 2.75. The van der Waals surface area contributed by atoms with Crippen LogP contribution in [0.4, 0.5) is 0 Å². The summed E-state index contributed by atoms with van der Waals surface area (Å²) in [5.41, 5.74) is 0. The van der Waals surface area contributed by atoms with Gasteiger partial charge in [-0.2, -0.15) is 0 Å². The predicted molar refractivity (Wildman–Crippen MR) is 41.0 cm³/mol. The molecule has 1 aliphatic rings. The monoisotopic (exact) mass is 208 g/mol. The van der Waals surface area contributed by atoms with Gasteiger partial charge in [-0.25, -0.2) is 4.79 Å². The zero-order chi connectivity index (χ0) is 10.9. The number of carbonyl (C=O) groups is 1. The molecule has 0 amide bonds. The molecule has 0 saturated carbocycles. The standard InChI is InChI=1S/C7H12O7/c8-1-2(9)6-4(11)3(10)5(12)7(13)14-6/h2-6,8-12H,1H2/t2-,3-,4-,5-,6+/m0/s1. The molecule has 0 spiro atoms. The Labute approximate surface area is 79.2 Å². The lowest BCUT2D eigenvalue weighted by Crippen LogP contribution is -2.59. The van der Waals surface area contributed by atoms with Crippen LogP contribution in [-0.4, -0.2) is 68.6 Å². The summed E-state index contributed by atoms with van der Waals surface area (Å²) in [7, 11) is 0. The van der Waals surface area contributed by atoms with Gasteiger partial charge in [0.2, 0.25) is 0 Å². The normalized spacial score (nSPS) is 40.5. The molecule has 1 aliphatic heterocycles. The van der Waals surface area contributed by atoms with Crippen LogP contribution in [0.25, 0.3) is 0 Å². The number of cyclic esters (lactones) is 1. The number of esters is 1.